The number of urea groups is 1. The van der Waals surface area contributed by atoms with Crippen LogP contribution in [0.15, 0.2) is 54.7 Å². The van der Waals surface area contributed by atoms with Gasteiger partial charge in [0.25, 0.3) is 0 Å². The number of carbonyl (C=O) groups excluding carboxylic acids is 1. The minimum atomic E-state index is -0.289. The van der Waals surface area contributed by atoms with Crippen molar-refractivity contribution in [3.63, 3.8) is 0 Å². The summed E-state index contributed by atoms with van der Waals surface area (Å²) in [6, 6.07) is 14.7. The van der Waals surface area contributed by atoms with E-state index in [1.807, 2.05) is 55.4 Å². The molecule has 2 N–H and O–H groups in total. The molecule has 0 heterocycles. The number of halogens is 1. The number of carbonyl (C=O) groups is 1. The fraction of sp³-hybridized carbons (Fsp3) is 0.118. The zero-order valence-corrected chi connectivity index (χ0v) is 13.3. The Morgan fingerprint density at radius 3 is 2.27 bits per heavy atom. The highest BCUT2D eigenvalue weighted by Crippen LogP contribution is 2.15. The highest BCUT2D eigenvalue weighted by molar-refractivity contribution is 6.30. The van der Waals surface area contributed by atoms with Crippen molar-refractivity contribution in [3.05, 3.63) is 65.3 Å². The third kappa shape index (κ3) is 4.82. The summed E-state index contributed by atoms with van der Waals surface area (Å²) in [5, 5.41) is 6.10. The number of amides is 2. The van der Waals surface area contributed by atoms with Gasteiger partial charge in [-0.1, -0.05) is 23.7 Å². The third-order valence-corrected chi connectivity index (χ3v) is 3.25. The summed E-state index contributed by atoms with van der Waals surface area (Å²) in [6.45, 7) is 0. The van der Waals surface area contributed by atoms with E-state index in [0.717, 1.165) is 16.9 Å². The molecule has 2 amide bonds. The van der Waals surface area contributed by atoms with Crippen molar-refractivity contribution in [1.82, 2.24) is 5.32 Å². The second-order valence-corrected chi connectivity index (χ2v) is 5.36. The molecular weight excluding hydrogens is 298 g/mol. The van der Waals surface area contributed by atoms with E-state index >= 15 is 0 Å². The molecule has 0 saturated heterocycles. The van der Waals surface area contributed by atoms with Crippen LogP contribution in [-0.2, 0) is 0 Å². The Morgan fingerprint density at radius 1 is 1.05 bits per heavy atom. The second kappa shape index (κ2) is 7.52. The van der Waals surface area contributed by atoms with Crippen LogP contribution < -0.4 is 15.5 Å². The predicted molar refractivity (Wildman–Crippen MR) is 93.4 cm³/mol. The van der Waals surface area contributed by atoms with Gasteiger partial charge in [-0.3, -0.25) is 0 Å². The van der Waals surface area contributed by atoms with E-state index in [-0.39, 0.29) is 6.03 Å². The molecule has 0 saturated carbocycles. The molecule has 0 unspecified atom stereocenters. The first kappa shape index (κ1) is 15.9. The van der Waals surface area contributed by atoms with Gasteiger partial charge in [0.15, 0.2) is 0 Å². The lowest BCUT2D eigenvalue weighted by Crippen LogP contribution is -2.23. The highest BCUT2D eigenvalue weighted by Gasteiger charge is 2.00. The molecule has 0 radical (unpaired) electrons. The number of benzene rings is 2. The normalized spacial score (nSPS) is 10.5. The Balaban J connectivity index is 1.86. The van der Waals surface area contributed by atoms with Crippen molar-refractivity contribution in [2.75, 3.05) is 24.3 Å². The maximum Gasteiger partial charge on any atom is 0.323 e. The minimum absolute atomic E-state index is 0.289. The van der Waals surface area contributed by atoms with Gasteiger partial charge < -0.3 is 15.5 Å². The highest BCUT2D eigenvalue weighted by atomic mass is 35.5. The van der Waals surface area contributed by atoms with E-state index in [1.54, 1.807) is 24.4 Å². The van der Waals surface area contributed by atoms with Gasteiger partial charge in [-0.25, -0.2) is 4.79 Å². The maximum absolute atomic E-state index is 11.8. The van der Waals surface area contributed by atoms with Gasteiger partial charge in [-0.15, -0.1) is 0 Å². The summed E-state index contributed by atoms with van der Waals surface area (Å²) in [6.07, 6.45) is 3.39. The van der Waals surface area contributed by atoms with Crippen LogP contribution in [0.2, 0.25) is 5.02 Å². The smallest absolute Gasteiger partial charge is 0.323 e. The summed E-state index contributed by atoms with van der Waals surface area (Å²) < 4.78 is 0. The molecular formula is C17H18ClN3O. The fourth-order valence-electron chi connectivity index (χ4n) is 1.80. The molecule has 22 heavy (non-hydrogen) atoms. The number of nitrogens with zero attached hydrogens (tertiary/aromatic N) is 1. The second-order valence-electron chi connectivity index (χ2n) is 4.92. The summed E-state index contributed by atoms with van der Waals surface area (Å²) in [7, 11) is 3.94. The lowest BCUT2D eigenvalue weighted by molar-refractivity contribution is 0.255. The van der Waals surface area contributed by atoms with Crippen LogP contribution in [0, 0.1) is 0 Å². The zero-order valence-electron chi connectivity index (χ0n) is 12.5. The molecule has 2 aromatic rings. The van der Waals surface area contributed by atoms with E-state index in [4.69, 9.17) is 11.6 Å². The topological polar surface area (TPSA) is 44.4 Å². The molecule has 0 aliphatic heterocycles. The van der Waals surface area contributed by atoms with Crippen molar-refractivity contribution in [2.24, 2.45) is 0 Å². The molecule has 114 valence electrons. The first-order valence-corrected chi connectivity index (χ1v) is 7.19. The summed E-state index contributed by atoms with van der Waals surface area (Å²) in [5.41, 5.74) is 2.77. The zero-order chi connectivity index (χ0) is 15.9. The van der Waals surface area contributed by atoms with Crippen molar-refractivity contribution in [3.8, 4) is 0 Å². The lowest BCUT2D eigenvalue weighted by atomic mass is 10.2. The largest absolute Gasteiger partial charge is 0.378 e. The standard InChI is InChI=1S/C17H18ClN3O/c1-21(2)16-9-7-15(8-10-16)20-17(22)19-12-11-13-3-5-14(18)6-4-13/h3-12H,1-2H3,(H2,19,20,22)/b12-11+. The molecule has 4 nitrogen and oxygen atoms in total. The molecule has 0 aliphatic rings. The average molecular weight is 316 g/mol. The molecule has 0 spiro atoms. The Morgan fingerprint density at radius 2 is 1.68 bits per heavy atom. The quantitative estimate of drug-likeness (QED) is 0.888. The van der Waals surface area contributed by atoms with Crippen molar-refractivity contribution in [2.45, 2.75) is 0 Å². The summed E-state index contributed by atoms with van der Waals surface area (Å²) in [4.78, 5) is 13.8. The van der Waals surface area contributed by atoms with E-state index in [1.165, 1.54) is 0 Å². The molecule has 0 atom stereocenters. The lowest BCUT2D eigenvalue weighted by Gasteiger charge is -2.12. The number of rotatable bonds is 4. The first-order chi connectivity index (χ1) is 10.5. The molecule has 0 aliphatic carbocycles. The number of nitrogens with one attached hydrogen (secondary N) is 2. The van der Waals surface area contributed by atoms with E-state index < -0.39 is 0 Å². The van der Waals surface area contributed by atoms with Gasteiger partial charge >= 0.3 is 6.03 Å². The molecule has 0 aromatic heterocycles. The molecule has 5 heteroatoms. The number of anilines is 2. The van der Waals surface area contributed by atoms with Crippen molar-refractivity contribution >= 4 is 35.1 Å². The van der Waals surface area contributed by atoms with Crippen LogP contribution in [0.5, 0.6) is 0 Å². The van der Waals surface area contributed by atoms with Gasteiger partial charge in [-0.05, 0) is 48.0 Å². The summed E-state index contributed by atoms with van der Waals surface area (Å²) in [5.74, 6) is 0. The summed E-state index contributed by atoms with van der Waals surface area (Å²) >= 11 is 5.81. The van der Waals surface area contributed by atoms with Gasteiger partial charge in [0.2, 0.25) is 0 Å². The van der Waals surface area contributed by atoms with Gasteiger partial charge in [-0.2, -0.15) is 0 Å². The van der Waals surface area contributed by atoms with Gasteiger partial charge in [0.05, 0.1) is 0 Å². The first-order valence-electron chi connectivity index (χ1n) is 6.81. The van der Waals surface area contributed by atoms with E-state index in [0.29, 0.717) is 5.02 Å². The van der Waals surface area contributed by atoms with Gasteiger partial charge in [0.1, 0.15) is 0 Å². The van der Waals surface area contributed by atoms with Crippen LogP contribution in [0.1, 0.15) is 5.56 Å². The van der Waals surface area contributed by atoms with E-state index in [9.17, 15) is 4.79 Å². The predicted octanol–water partition coefficient (Wildman–Crippen LogP) is 4.20. The van der Waals surface area contributed by atoms with Gasteiger partial charge in [0, 0.05) is 36.7 Å². The van der Waals surface area contributed by atoms with Crippen LogP contribution in [0.4, 0.5) is 16.2 Å². The fourth-order valence-corrected chi connectivity index (χ4v) is 1.92. The van der Waals surface area contributed by atoms with Crippen LogP contribution in [0.3, 0.4) is 0 Å². The Labute approximate surface area is 135 Å². The van der Waals surface area contributed by atoms with Crippen LogP contribution >= 0.6 is 11.6 Å². The van der Waals surface area contributed by atoms with Crippen molar-refractivity contribution < 1.29 is 4.79 Å². The number of hydrogen-bond donors (Lipinski definition) is 2. The van der Waals surface area contributed by atoms with Crippen LogP contribution in [-0.4, -0.2) is 20.1 Å². The Hall–Kier alpha value is -2.46. The Kier molecular flexibility index (Phi) is 5.44. The maximum atomic E-state index is 11.8. The molecule has 0 fully saturated rings. The number of hydrogen-bond acceptors (Lipinski definition) is 2. The monoisotopic (exact) mass is 315 g/mol. The Bertz CT molecular complexity index is 649. The molecule has 2 aromatic carbocycles. The third-order valence-electron chi connectivity index (χ3n) is 3.00. The molecule has 2 rings (SSSR count). The average Bonchev–Trinajstić information content (AvgIpc) is 2.50. The van der Waals surface area contributed by atoms with E-state index in [2.05, 4.69) is 10.6 Å². The van der Waals surface area contributed by atoms with Crippen molar-refractivity contribution in [1.29, 1.82) is 0 Å². The minimum Gasteiger partial charge on any atom is -0.378 e. The van der Waals surface area contributed by atoms with Crippen LogP contribution in [0.25, 0.3) is 6.08 Å². The SMILES string of the molecule is CN(C)c1ccc(NC(=O)N/C=C/c2ccc(Cl)cc2)cc1. The molecule has 0 bridgehead atoms.